The molecule has 0 saturated carbocycles. The maximum absolute atomic E-state index is 5.94. The minimum atomic E-state index is -0.0101. The number of guanidine groups is 1. The first-order chi connectivity index (χ1) is 9.44. The summed E-state index contributed by atoms with van der Waals surface area (Å²) in [5, 5.41) is 6.64. The first-order valence-electron chi connectivity index (χ1n) is 7.15. The maximum Gasteiger partial charge on any atom is 0.191 e. The zero-order valence-corrected chi connectivity index (χ0v) is 16.0. The van der Waals surface area contributed by atoms with Crippen LogP contribution in [-0.4, -0.2) is 31.2 Å². The van der Waals surface area contributed by atoms with E-state index >= 15 is 0 Å². The van der Waals surface area contributed by atoms with E-state index in [1.54, 1.807) is 7.05 Å². The van der Waals surface area contributed by atoms with E-state index in [1.165, 1.54) is 0 Å². The summed E-state index contributed by atoms with van der Waals surface area (Å²) in [6.45, 7) is 9.17. The molecular weight excluding hydrogens is 377 g/mol. The second kappa shape index (κ2) is 9.87. The molecule has 0 aromatic heterocycles. The normalized spacial score (nSPS) is 13.1. The third-order valence-corrected chi connectivity index (χ3v) is 2.72. The third-order valence-electron chi connectivity index (χ3n) is 2.72. The highest BCUT2D eigenvalue weighted by atomic mass is 127. The lowest BCUT2D eigenvalue weighted by molar-refractivity contribution is 0.199. The summed E-state index contributed by atoms with van der Waals surface area (Å²) in [4.78, 5) is 4.23. The quantitative estimate of drug-likeness (QED) is 0.448. The summed E-state index contributed by atoms with van der Waals surface area (Å²) in [6.07, 6.45) is 1.06. The fourth-order valence-electron chi connectivity index (χ4n) is 1.71. The highest BCUT2D eigenvalue weighted by Crippen LogP contribution is 2.12. The van der Waals surface area contributed by atoms with Crippen LogP contribution in [0.2, 0.25) is 0 Å². The Morgan fingerprint density at radius 3 is 2.33 bits per heavy atom. The van der Waals surface area contributed by atoms with E-state index in [-0.39, 0.29) is 35.6 Å². The molecule has 0 fully saturated rings. The monoisotopic (exact) mass is 405 g/mol. The minimum absolute atomic E-state index is 0. The lowest BCUT2D eigenvalue weighted by Crippen LogP contribution is -2.49. The van der Waals surface area contributed by atoms with E-state index in [0.717, 1.165) is 24.7 Å². The number of nitrogens with zero attached hydrogens (tertiary/aromatic N) is 1. The Kier molecular flexibility index (Phi) is 9.41. The highest BCUT2D eigenvalue weighted by molar-refractivity contribution is 14.0. The van der Waals surface area contributed by atoms with Crippen LogP contribution in [0.15, 0.2) is 35.3 Å². The number of para-hydroxylation sites is 1. The number of hydrogen-bond donors (Lipinski definition) is 2. The van der Waals surface area contributed by atoms with Crippen LogP contribution in [0.3, 0.4) is 0 Å². The summed E-state index contributed by atoms with van der Waals surface area (Å²) in [5.41, 5.74) is -0.0101. The van der Waals surface area contributed by atoms with Gasteiger partial charge in [-0.1, -0.05) is 25.1 Å². The lowest BCUT2D eigenvalue weighted by atomic mass is 10.1. The first-order valence-corrected chi connectivity index (χ1v) is 7.15. The Balaban J connectivity index is 0.00000400. The molecule has 0 spiro atoms. The van der Waals surface area contributed by atoms with Crippen molar-refractivity contribution in [1.82, 2.24) is 10.6 Å². The second-order valence-electron chi connectivity index (χ2n) is 5.79. The van der Waals surface area contributed by atoms with Crippen LogP contribution in [0.25, 0.3) is 0 Å². The van der Waals surface area contributed by atoms with Crippen molar-refractivity contribution in [3.05, 3.63) is 30.3 Å². The predicted octanol–water partition coefficient (Wildman–Crippen LogP) is 3.43. The van der Waals surface area contributed by atoms with Gasteiger partial charge in [0.1, 0.15) is 11.9 Å². The Morgan fingerprint density at radius 1 is 1.24 bits per heavy atom. The SMILES string of the molecule is CCC(CNC(=NC)NC(C)(C)C)Oc1ccccc1.I. The molecule has 5 heteroatoms. The van der Waals surface area contributed by atoms with Crippen molar-refractivity contribution in [2.24, 2.45) is 4.99 Å². The van der Waals surface area contributed by atoms with Crippen LogP contribution in [0, 0.1) is 0 Å². The van der Waals surface area contributed by atoms with E-state index in [2.05, 4.69) is 43.3 Å². The fourth-order valence-corrected chi connectivity index (χ4v) is 1.71. The number of hydrogen-bond acceptors (Lipinski definition) is 2. The van der Waals surface area contributed by atoms with Crippen LogP contribution >= 0.6 is 24.0 Å². The summed E-state index contributed by atoms with van der Waals surface area (Å²) in [7, 11) is 1.78. The molecule has 0 heterocycles. The van der Waals surface area contributed by atoms with Crippen molar-refractivity contribution in [2.45, 2.75) is 45.8 Å². The molecule has 0 aliphatic carbocycles. The summed E-state index contributed by atoms with van der Waals surface area (Å²) >= 11 is 0. The van der Waals surface area contributed by atoms with Gasteiger partial charge in [-0.05, 0) is 39.3 Å². The number of nitrogens with one attached hydrogen (secondary N) is 2. The molecule has 1 aromatic carbocycles. The van der Waals surface area contributed by atoms with Crippen molar-refractivity contribution < 1.29 is 4.74 Å². The highest BCUT2D eigenvalue weighted by Gasteiger charge is 2.14. The molecule has 1 unspecified atom stereocenters. The van der Waals surface area contributed by atoms with Crippen molar-refractivity contribution in [1.29, 1.82) is 0 Å². The van der Waals surface area contributed by atoms with Crippen LogP contribution < -0.4 is 15.4 Å². The van der Waals surface area contributed by atoms with Crippen LogP contribution in [0.4, 0.5) is 0 Å². The van der Waals surface area contributed by atoms with Crippen LogP contribution in [0.1, 0.15) is 34.1 Å². The van der Waals surface area contributed by atoms with Gasteiger partial charge in [-0.2, -0.15) is 0 Å². The molecule has 21 heavy (non-hydrogen) atoms. The Bertz CT molecular complexity index is 415. The number of halogens is 1. The Morgan fingerprint density at radius 2 is 1.86 bits per heavy atom. The van der Waals surface area contributed by atoms with Gasteiger partial charge in [0.05, 0.1) is 6.54 Å². The molecule has 0 amide bonds. The summed E-state index contributed by atoms with van der Waals surface area (Å²) in [6, 6.07) is 9.90. The van der Waals surface area contributed by atoms with Gasteiger partial charge < -0.3 is 15.4 Å². The molecule has 1 rings (SSSR count). The summed E-state index contributed by atoms with van der Waals surface area (Å²) in [5.74, 6) is 1.70. The first kappa shape index (κ1) is 20.0. The number of benzene rings is 1. The van der Waals surface area contributed by atoms with Crippen molar-refractivity contribution in [3.63, 3.8) is 0 Å². The van der Waals surface area contributed by atoms with E-state index in [4.69, 9.17) is 4.74 Å². The van der Waals surface area contributed by atoms with Gasteiger partial charge in [-0.3, -0.25) is 4.99 Å². The molecule has 0 aliphatic rings. The van der Waals surface area contributed by atoms with Gasteiger partial charge in [0.15, 0.2) is 5.96 Å². The standard InChI is InChI=1S/C16H27N3O.HI/c1-6-13(20-14-10-8-7-9-11-14)12-18-15(17-5)19-16(2,3)4;/h7-11,13H,6,12H2,1-5H3,(H2,17,18,19);1H. The van der Waals surface area contributed by atoms with Gasteiger partial charge in [-0.15, -0.1) is 24.0 Å². The van der Waals surface area contributed by atoms with Gasteiger partial charge in [0, 0.05) is 12.6 Å². The molecule has 0 saturated heterocycles. The van der Waals surface area contributed by atoms with Crippen LogP contribution in [0.5, 0.6) is 5.75 Å². The Hall–Kier alpha value is -0.980. The van der Waals surface area contributed by atoms with Crippen molar-refractivity contribution in [2.75, 3.05) is 13.6 Å². The zero-order valence-electron chi connectivity index (χ0n) is 13.6. The van der Waals surface area contributed by atoms with Gasteiger partial charge in [0.2, 0.25) is 0 Å². The van der Waals surface area contributed by atoms with Crippen molar-refractivity contribution >= 4 is 29.9 Å². The predicted molar refractivity (Wildman–Crippen MR) is 101 cm³/mol. The third kappa shape index (κ3) is 8.80. The molecule has 120 valence electrons. The van der Waals surface area contributed by atoms with E-state index < -0.39 is 0 Å². The molecule has 0 bridgehead atoms. The molecule has 4 nitrogen and oxygen atoms in total. The molecule has 0 radical (unpaired) electrons. The average Bonchev–Trinajstić information content (AvgIpc) is 2.41. The zero-order chi connectivity index (χ0) is 15.0. The topological polar surface area (TPSA) is 45.7 Å². The van der Waals surface area contributed by atoms with Gasteiger partial charge >= 0.3 is 0 Å². The minimum Gasteiger partial charge on any atom is -0.489 e. The number of rotatable bonds is 5. The van der Waals surface area contributed by atoms with Gasteiger partial charge in [0.25, 0.3) is 0 Å². The maximum atomic E-state index is 5.94. The van der Waals surface area contributed by atoms with E-state index in [0.29, 0.717) is 0 Å². The molecule has 0 aliphatic heterocycles. The van der Waals surface area contributed by atoms with Crippen molar-refractivity contribution in [3.8, 4) is 5.75 Å². The van der Waals surface area contributed by atoms with E-state index in [9.17, 15) is 0 Å². The molecule has 1 atom stereocenters. The van der Waals surface area contributed by atoms with E-state index in [1.807, 2.05) is 30.3 Å². The average molecular weight is 405 g/mol. The number of aliphatic imine (C=N–C) groups is 1. The fraction of sp³-hybridized carbons (Fsp3) is 0.562. The molecule has 2 N–H and O–H groups in total. The smallest absolute Gasteiger partial charge is 0.191 e. The molecular formula is C16H28IN3O. The summed E-state index contributed by atoms with van der Waals surface area (Å²) < 4.78 is 5.94. The largest absolute Gasteiger partial charge is 0.489 e. The number of ether oxygens (including phenoxy) is 1. The van der Waals surface area contributed by atoms with Crippen LogP contribution in [-0.2, 0) is 0 Å². The Labute approximate surface area is 145 Å². The second-order valence-corrected chi connectivity index (χ2v) is 5.79. The van der Waals surface area contributed by atoms with Gasteiger partial charge in [-0.25, -0.2) is 0 Å². The lowest BCUT2D eigenvalue weighted by Gasteiger charge is -2.25. The molecule has 1 aromatic rings.